The first-order valence-electron chi connectivity index (χ1n) is 9.15. The van der Waals surface area contributed by atoms with Gasteiger partial charge in [0.05, 0.1) is 12.0 Å². The lowest BCUT2D eigenvalue weighted by Crippen LogP contribution is -2.08. The largest absolute Gasteiger partial charge is 0.459 e. The summed E-state index contributed by atoms with van der Waals surface area (Å²) in [6, 6.07) is 3.42. The zero-order valence-corrected chi connectivity index (χ0v) is 16.0. The molecule has 8 nitrogen and oxygen atoms in total. The second-order valence-electron chi connectivity index (χ2n) is 7.01. The van der Waals surface area contributed by atoms with Crippen LogP contribution in [0.15, 0.2) is 32.4 Å². The first-order chi connectivity index (χ1) is 13.0. The molecule has 0 amide bonds. The highest BCUT2D eigenvalue weighted by atomic mass is 32.2. The van der Waals surface area contributed by atoms with Crippen LogP contribution in [0, 0.1) is 12.8 Å². The molecule has 1 N–H and O–H groups in total. The van der Waals surface area contributed by atoms with Gasteiger partial charge in [-0.1, -0.05) is 25.7 Å². The Labute approximate surface area is 157 Å². The van der Waals surface area contributed by atoms with Crippen molar-refractivity contribution in [2.75, 3.05) is 0 Å². The lowest BCUT2D eigenvalue weighted by Gasteiger charge is -2.05. The monoisotopic (exact) mass is 390 g/mol. The van der Waals surface area contributed by atoms with Gasteiger partial charge in [-0.3, -0.25) is 5.10 Å². The minimum Gasteiger partial charge on any atom is -0.459 e. The van der Waals surface area contributed by atoms with Crippen molar-refractivity contribution in [1.82, 2.24) is 20.2 Å². The topological polar surface area (TPSA) is 115 Å². The van der Waals surface area contributed by atoms with Crippen LogP contribution in [-0.2, 0) is 22.0 Å². The van der Waals surface area contributed by atoms with Crippen molar-refractivity contribution in [2.45, 2.75) is 56.4 Å². The summed E-state index contributed by atoms with van der Waals surface area (Å²) in [6.45, 7) is 1.68. The van der Waals surface area contributed by atoms with Crippen LogP contribution in [0.4, 0.5) is 0 Å². The number of hydrogen-bond donors (Lipinski definition) is 1. The number of nitrogens with zero attached hydrogens (tertiary/aromatic N) is 3. The lowest BCUT2D eigenvalue weighted by atomic mass is 10.0. The quantitative estimate of drug-likeness (QED) is 0.657. The predicted octanol–water partition coefficient (Wildman–Crippen LogP) is 3.46. The Kier molecular flexibility index (Phi) is 4.86. The van der Waals surface area contributed by atoms with Gasteiger partial charge in [-0.25, -0.2) is 18.4 Å². The zero-order chi connectivity index (χ0) is 18.9. The van der Waals surface area contributed by atoms with Crippen molar-refractivity contribution in [2.24, 2.45) is 5.92 Å². The van der Waals surface area contributed by atoms with Crippen LogP contribution in [0.3, 0.4) is 0 Å². The van der Waals surface area contributed by atoms with Crippen LogP contribution in [0.25, 0.3) is 11.7 Å². The highest BCUT2D eigenvalue weighted by Crippen LogP contribution is 2.28. The maximum atomic E-state index is 12.7. The van der Waals surface area contributed by atoms with Crippen molar-refractivity contribution < 1.29 is 17.3 Å². The number of aryl methyl sites for hydroxylation is 2. The third-order valence-corrected chi connectivity index (χ3v) is 6.40. The summed E-state index contributed by atoms with van der Waals surface area (Å²) >= 11 is 0. The lowest BCUT2D eigenvalue weighted by molar-refractivity contribution is 0.497. The Bertz CT molecular complexity index is 998. The van der Waals surface area contributed by atoms with Crippen LogP contribution < -0.4 is 0 Å². The molecule has 0 unspecified atom stereocenters. The second kappa shape index (κ2) is 7.30. The highest BCUT2D eigenvalue weighted by molar-refractivity contribution is 7.90. The minimum absolute atomic E-state index is 0.189. The number of sulfone groups is 1. The van der Waals surface area contributed by atoms with Crippen molar-refractivity contribution in [3.63, 3.8) is 0 Å². The average Bonchev–Trinajstić information content (AvgIpc) is 3.42. The molecule has 3 aromatic heterocycles. The fourth-order valence-corrected chi connectivity index (χ4v) is 4.67. The summed E-state index contributed by atoms with van der Waals surface area (Å²) in [6.07, 6.45) is 8.33. The Balaban J connectivity index is 1.46. The normalized spacial score (nSPS) is 15.6. The van der Waals surface area contributed by atoms with E-state index in [0.29, 0.717) is 29.0 Å². The molecule has 3 aromatic rings. The van der Waals surface area contributed by atoms with Gasteiger partial charge < -0.3 is 8.83 Å². The zero-order valence-electron chi connectivity index (χ0n) is 15.1. The molecular formula is C18H22N4O4S. The highest BCUT2D eigenvalue weighted by Gasteiger charge is 2.25. The smallest absolute Gasteiger partial charge is 0.267 e. The van der Waals surface area contributed by atoms with Gasteiger partial charge in [0, 0.05) is 6.42 Å². The number of nitrogens with one attached hydrogen (secondary N) is 1. The average molecular weight is 390 g/mol. The molecule has 0 atom stereocenters. The number of aromatic nitrogens is 4. The molecule has 9 heteroatoms. The third kappa shape index (κ3) is 3.97. The van der Waals surface area contributed by atoms with Crippen LogP contribution >= 0.6 is 0 Å². The van der Waals surface area contributed by atoms with E-state index in [1.807, 2.05) is 0 Å². The molecule has 3 heterocycles. The molecule has 1 aliphatic rings. The summed E-state index contributed by atoms with van der Waals surface area (Å²) in [5, 5.41) is 6.49. The van der Waals surface area contributed by atoms with E-state index in [4.69, 9.17) is 8.83 Å². The van der Waals surface area contributed by atoms with E-state index >= 15 is 0 Å². The SMILES string of the molecule is Cc1oc(-c2ccco2)nc1CS(=O)(=O)c1n[nH]c(CCC2CCCC2)n1. The van der Waals surface area contributed by atoms with E-state index in [-0.39, 0.29) is 16.8 Å². The Morgan fingerprint density at radius 3 is 2.81 bits per heavy atom. The van der Waals surface area contributed by atoms with E-state index in [1.54, 1.807) is 19.1 Å². The molecule has 1 aliphatic carbocycles. The van der Waals surface area contributed by atoms with Crippen molar-refractivity contribution in [3.05, 3.63) is 35.7 Å². The first kappa shape index (κ1) is 18.0. The van der Waals surface area contributed by atoms with Gasteiger partial charge in [0.2, 0.25) is 9.84 Å². The van der Waals surface area contributed by atoms with Crippen molar-refractivity contribution in [3.8, 4) is 11.7 Å². The molecule has 0 radical (unpaired) electrons. The van der Waals surface area contributed by atoms with Gasteiger partial charge in [0.1, 0.15) is 17.3 Å². The molecule has 1 fully saturated rings. The first-order valence-corrected chi connectivity index (χ1v) is 10.8. The standard InChI is InChI=1S/C18H22N4O4S/c1-12-14(19-17(26-12)15-7-4-10-25-15)11-27(23,24)18-20-16(21-22-18)9-8-13-5-2-3-6-13/h4,7,10,13H,2-3,5-6,8-9,11H2,1H3,(H,20,21,22). The molecule has 27 heavy (non-hydrogen) atoms. The number of H-pyrrole nitrogens is 1. The molecule has 0 bridgehead atoms. The molecular weight excluding hydrogens is 368 g/mol. The van der Waals surface area contributed by atoms with Gasteiger partial charge in [0.15, 0.2) is 5.76 Å². The molecule has 0 saturated heterocycles. The van der Waals surface area contributed by atoms with Crippen LogP contribution in [0.5, 0.6) is 0 Å². The number of aromatic amines is 1. The van der Waals surface area contributed by atoms with E-state index in [1.165, 1.54) is 31.9 Å². The number of oxazole rings is 1. The molecule has 4 rings (SSSR count). The third-order valence-electron chi connectivity index (χ3n) is 5.00. The number of rotatable bonds is 7. The summed E-state index contributed by atoms with van der Waals surface area (Å²) in [4.78, 5) is 8.45. The Hall–Kier alpha value is -2.42. The maximum Gasteiger partial charge on any atom is 0.267 e. The summed E-state index contributed by atoms with van der Waals surface area (Å²) in [5.74, 6) is 2.16. The van der Waals surface area contributed by atoms with Gasteiger partial charge in [0.25, 0.3) is 11.0 Å². The van der Waals surface area contributed by atoms with E-state index in [9.17, 15) is 8.42 Å². The number of hydrogen-bond acceptors (Lipinski definition) is 7. The van der Waals surface area contributed by atoms with Gasteiger partial charge >= 0.3 is 0 Å². The summed E-state index contributed by atoms with van der Waals surface area (Å²) in [7, 11) is -3.71. The second-order valence-corrected chi connectivity index (χ2v) is 8.90. The fourth-order valence-electron chi connectivity index (χ4n) is 3.48. The fraction of sp³-hybridized carbons (Fsp3) is 0.500. The molecule has 0 aliphatic heterocycles. The Morgan fingerprint density at radius 2 is 2.07 bits per heavy atom. The minimum atomic E-state index is -3.71. The van der Waals surface area contributed by atoms with Crippen LogP contribution in [0.2, 0.25) is 0 Å². The predicted molar refractivity (Wildman–Crippen MR) is 96.5 cm³/mol. The molecule has 0 spiro atoms. The molecule has 0 aromatic carbocycles. The maximum absolute atomic E-state index is 12.7. The molecule has 1 saturated carbocycles. The Morgan fingerprint density at radius 1 is 1.26 bits per heavy atom. The summed E-state index contributed by atoms with van der Waals surface area (Å²) in [5.41, 5.74) is 0.332. The van der Waals surface area contributed by atoms with Crippen LogP contribution in [0.1, 0.15) is 49.4 Å². The van der Waals surface area contributed by atoms with E-state index in [0.717, 1.165) is 12.8 Å². The van der Waals surface area contributed by atoms with E-state index in [2.05, 4.69) is 20.2 Å². The van der Waals surface area contributed by atoms with Gasteiger partial charge in [-0.05, 0) is 31.4 Å². The number of furan rings is 1. The van der Waals surface area contributed by atoms with Crippen LogP contribution in [-0.4, -0.2) is 28.6 Å². The van der Waals surface area contributed by atoms with Gasteiger partial charge in [-0.2, -0.15) is 0 Å². The van der Waals surface area contributed by atoms with E-state index < -0.39 is 9.84 Å². The van der Waals surface area contributed by atoms with Crippen molar-refractivity contribution >= 4 is 9.84 Å². The summed E-state index contributed by atoms with van der Waals surface area (Å²) < 4.78 is 36.1. The van der Waals surface area contributed by atoms with Gasteiger partial charge in [-0.15, -0.1) is 5.10 Å². The molecule has 144 valence electrons. The van der Waals surface area contributed by atoms with Crippen molar-refractivity contribution in [1.29, 1.82) is 0 Å².